The number of nitrogens with one attached hydrogen (secondary N) is 1. The zero-order valence-electron chi connectivity index (χ0n) is 13.4. The van der Waals surface area contributed by atoms with Crippen LogP contribution in [0.25, 0.3) is 0 Å². The van der Waals surface area contributed by atoms with Gasteiger partial charge in [0.05, 0.1) is 6.61 Å². The molecule has 1 N–H and O–H groups in total. The highest BCUT2D eigenvalue weighted by Crippen LogP contribution is 2.49. The Morgan fingerprint density at radius 1 is 1.33 bits per heavy atom. The summed E-state index contributed by atoms with van der Waals surface area (Å²) in [5, 5.41) is 3.52. The number of anilines is 1. The van der Waals surface area contributed by atoms with E-state index in [1.807, 2.05) is 13.0 Å². The van der Waals surface area contributed by atoms with Crippen LogP contribution in [0.2, 0.25) is 0 Å². The lowest BCUT2D eigenvalue weighted by atomic mass is 9.84. The smallest absolute Gasteiger partial charge is 0.226 e. The second-order valence-electron chi connectivity index (χ2n) is 6.79. The SMILES string of the molecule is CCCOc1cc(C)nc(NC(C)C2CC3CCC2C3)n1. The van der Waals surface area contributed by atoms with Crippen LogP contribution in [-0.4, -0.2) is 22.6 Å². The van der Waals surface area contributed by atoms with Gasteiger partial charge in [-0.05, 0) is 57.3 Å². The fourth-order valence-corrected chi connectivity index (χ4v) is 4.10. The molecule has 0 radical (unpaired) electrons. The number of rotatable bonds is 6. The standard InChI is InChI=1S/C17H27N3O/c1-4-7-21-16-8-11(2)18-17(20-16)19-12(3)15-10-13-5-6-14(15)9-13/h8,12-15H,4-7,9-10H2,1-3H3,(H,18,19,20). The number of fused-ring (bicyclic) bond motifs is 2. The second kappa shape index (κ2) is 6.20. The molecule has 0 spiro atoms. The predicted molar refractivity (Wildman–Crippen MR) is 84.6 cm³/mol. The van der Waals surface area contributed by atoms with E-state index >= 15 is 0 Å². The van der Waals surface area contributed by atoms with Crippen molar-refractivity contribution in [3.8, 4) is 5.88 Å². The van der Waals surface area contributed by atoms with Crippen LogP contribution < -0.4 is 10.1 Å². The van der Waals surface area contributed by atoms with Gasteiger partial charge in [-0.25, -0.2) is 4.98 Å². The minimum atomic E-state index is 0.445. The maximum Gasteiger partial charge on any atom is 0.226 e. The lowest BCUT2D eigenvalue weighted by Crippen LogP contribution is -2.30. The maximum absolute atomic E-state index is 5.64. The van der Waals surface area contributed by atoms with Gasteiger partial charge >= 0.3 is 0 Å². The number of aryl methyl sites for hydroxylation is 1. The Morgan fingerprint density at radius 2 is 2.19 bits per heavy atom. The molecule has 0 aromatic carbocycles. The summed E-state index contributed by atoms with van der Waals surface area (Å²) in [7, 11) is 0. The fourth-order valence-electron chi connectivity index (χ4n) is 4.10. The molecule has 116 valence electrons. The molecule has 2 aliphatic rings. The van der Waals surface area contributed by atoms with Gasteiger partial charge in [0.1, 0.15) is 0 Å². The molecular weight excluding hydrogens is 262 g/mol. The first-order valence-corrected chi connectivity index (χ1v) is 8.40. The molecule has 0 saturated heterocycles. The first-order chi connectivity index (χ1) is 10.2. The molecule has 1 aromatic heterocycles. The largest absolute Gasteiger partial charge is 0.478 e. The van der Waals surface area contributed by atoms with E-state index in [0.717, 1.165) is 35.8 Å². The Kier molecular flexibility index (Phi) is 4.32. The van der Waals surface area contributed by atoms with Gasteiger partial charge in [0.25, 0.3) is 0 Å². The first-order valence-electron chi connectivity index (χ1n) is 8.40. The van der Waals surface area contributed by atoms with Crippen LogP contribution in [0.5, 0.6) is 5.88 Å². The Balaban J connectivity index is 1.65. The Hall–Kier alpha value is -1.32. The van der Waals surface area contributed by atoms with Crippen LogP contribution in [0, 0.1) is 24.7 Å². The number of hydrogen-bond acceptors (Lipinski definition) is 4. The first kappa shape index (κ1) is 14.6. The van der Waals surface area contributed by atoms with E-state index in [4.69, 9.17) is 4.74 Å². The van der Waals surface area contributed by atoms with Gasteiger partial charge in [0.2, 0.25) is 11.8 Å². The zero-order chi connectivity index (χ0) is 14.8. The summed E-state index contributed by atoms with van der Waals surface area (Å²) in [4.78, 5) is 9.01. The lowest BCUT2D eigenvalue weighted by Gasteiger charge is -2.28. The summed E-state index contributed by atoms with van der Waals surface area (Å²) in [6.07, 6.45) is 6.68. The zero-order valence-corrected chi connectivity index (χ0v) is 13.4. The van der Waals surface area contributed by atoms with Crippen molar-refractivity contribution in [1.29, 1.82) is 0 Å². The molecule has 1 heterocycles. The van der Waals surface area contributed by atoms with E-state index in [0.29, 0.717) is 18.5 Å². The van der Waals surface area contributed by atoms with Crippen molar-refractivity contribution in [3.05, 3.63) is 11.8 Å². The molecule has 4 unspecified atom stereocenters. The van der Waals surface area contributed by atoms with Crippen molar-refractivity contribution in [1.82, 2.24) is 9.97 Å². The maximum atomic E-state index is 5.64. The van der Waals surface area contributed by atoms with Gasteiger partial charge in [0.15, 0.2) is 0 Å². The summed E-state index contributed by atoms with van der Waals surface area (Å²) in [6, 6.07) is 2.35. The lowest BCUT2D eigenvalue weighted by molar-refractivity contribution is 0.299. The molecule has 2 fully saturated rings. The van der Waals surface area contributed by atoms with Crippen molar-refractivity contribution in [3.63, 3.8) is 0 Å². The monoisotopic (exact) mass is 289 g/mol. The second-order valence-corrected chi connectivity index (χ2v) is 6.79. The van der Waals surface area contributed by atoms with Crippen molar-refractivity contribution < 1.29 is 4.74 Å². The summed E-state index contributed by atoms with van der Waals surface area (Å²) < 4.78 is 5.64. The van der Waals surface area contributed by atoms with Crippen LogP contribution in [-0.2, 0) is 0 Å². The molecular formula is C17H27N3O. The molecule has 1 aromatic rings. The molecule has 0 aliphatic heterocycles. The highest BCUT2D eigenvalue weighted by Gasteiger charge is 2.41. The van der Waals surface area contributed by atoms with Crippen LogP contribution >= 0.6 is 0 Å². The summed E-state index contributed by atoms with van der Waals surface area (Å²) in [5.74, 6) is 4.08. The Labute approximate surface area is 127 Å². The third kappa shape index (κ3) is 3.30. The van der Waals surface area contributed by atoms with Crippen molar-refractivity contribution in [2.75, 3.05) is 11.9 Å². The highest BCUT2D eigenvalue weighted by molar-refractivity contribution is 5.32. The van der Waals surface area contributed by atoms with Gasteiger partial charge in [-0.3, -0.25) is 0 Å². The quantitative estimate of drug-likeness (QED) is 0.865. The van der Waals surface area contributed by atoms with Gasteiger partial charge < -0.3 is 10.1 Å². The van der Waals surface area contributed by atoms with Crippen LogP contribution in [0.15, 0.2) is 6.07 Å². The van der Waals surface area contributed by atoms with E-state index in [2.05, 4.69) is 29.1 Å². The molecule has 4 heteroatoms. The van der Waals surface area contributed by atoms with Crippen LogP contribution in [0.4, 0.5) is 5.95 Å². The van der Waals surface area contributed by atoms with Crippen molar-refractivity contribution in [2.45, 2.75) is 58.9 Å². The van der Waals surface area contributed by atoms with E-state index in [1.165, 1.54) is 25.7 Å². The normalized spacial score (nSPS) is 28.6. The highest BCUT2D eigenvalue weighted by atomic mass is 16.5. The molecule has 21 heavy (non-hydrogen) atoms. The van der Waals surface area contributed by atoms with Crippen molar-refractivity contribution >= 4 is 5.95 Å². The minimum Gasteiger partial charge on any atom is -0.478 e. The third-order valence-corrected chi connectivity index (χ3v) is 5.08. The number of aromatic nitrogens is 2. The number of nitrogens with zero attached hydrogens (tertiary/aromatic N) is 2. The molecule has 4 nitrogen and oxygen atoms in total. The Bertz CT molecular complexity index is 491. The van der Waals surface area contributed by atoms with Crippen LogP contribution in [0.3, 0.4) is 0 Å². The summed E-state index contributed by atoms with van der Waals surface area (Å²) in [5.41, 5.74) is 0.957. The molecule has 2 aliphatic carbocycles. The van der Waals surface area contributed by atoms with Gasteiger partial charge in [-0.15, -0.1) is 0 Å². The molecule has 0 amide bonds. The molecule has 2 bridgehead atoms. The van der Waals surface area contributed by atoms with E-state index in [1.54, 1.807) is 0 Å². The fraction of sp³-hybridized carbons (Fsp3) is 0.765. The molecule has 3 rings (SSSR count). The van der Waals surface area contributed by atoms with Gasteiger partial charge in [-0.2, -0.15) is 4.98 Å². The number of hydrogen-bond donors (Lipinski definition) is 1. The third-order valence-electron chi connectivity index (χ3n) is 5.08. The topological polar surface area (TPSA) is 47.0 Å². The van der Waals surface area contributed by atoms with E-state index < -0.39 is 0 Å². The number of ether oxygens (including phenoxy) is 1. The summed E-state index contributed by atoms with van der Waals surface area (Å²) in [6.45, 7) is 7.08. The molecule has 2 saturated carbocycles. The minimum absolute atomic E-state index is 0.445. The summed E-state index contributed by atoms with van der Waals surface area (Å²) >= 11 is 0. The molecule has 4 atom stereocenters. The van der Waals surface area contributed by atoms with E-state index in [9.17, 15) is 0 Å². The average Bonchev–Trinajstić information content (AvgIpc) is 3.07. The van der Waals surface area contributed by atoms with Gasteiger partial charge in [0, 0.05) is 17.8 Å². The van der Waals surface area contributed by atoms with E-state index in [-0.39, 0.29) is 0 Å². The Morgan fingerprint density at radius 3 is 2.86 bits per heavy atom. The van der Waals surface area contributed by atoms with Gasteiger partial charge in [-0.1, -0.05) is 13.3 Å². The predicted octanol–water partition coefficient (Wildman–Crippen LogP) is 3.81. The van der Waals surface area contributed by atoms with Crippen molar-refractivity contribution in [2.24, 2.45) is 17.8 Å². The average molecular weight is 289 g/mol. The van der Waals surface area contributed by atoms with Crippen LogP contribution in [0.1, 0.15) is 51.6 Å².